The second-order valence-electron chi connectivity index (χ2n) is 18.9. The first kappa shape index (κ1) is 64.6. The summed E-state index contributed by atoms with van der Waals surface area (Å²) in [6.45, 7) is 6.55. The van der Waals surface area contributed by atoms with Crippen LogP contribution in [0.1, 0.15) is 271 Å². The molecule has 0 fully saturated rings. The molecule has 0 radical (unpaired) electrons. The Morgan fingerprint density at radius 3 is 1.01 bits per heavy atom. The molecule has 0 aromatic heterocycles. The molecule has 0 saturated carbocycles. The SMILES string of the molecule is CCCCCC/C=C\CCCCCCCCCC(=O)OCC(COC(=O)CCCCCCC\C=C/C=C\C=C/CCCCCCC)OC(=O)CCC/C=C\C/C=C\C/C=C\CCCCCCCC. The normalized spacial score (nSPS) is 12.7. The molecule has 0 aliphatic heterocycles. The van der Waals surface area contributed by atoms with Crippen LogP contribution in [-0.4, -0.2) is 37.2 Å². The lowest BCUT2D eigenvalue weighted by Crippen LogP contribution is -2.30. The fourth-order valence-electron chi connectivity index (χ4n) is 7.81. The Kier molecular flexibility index (Phi) is 53.4. The van der Waals surface area contributed by atoms with Crippen LogP contribution in [0.25, 0.3) is 0 Å². The molecule has 390 valence electrons. The number of unbranched alkanes of at least 4 members (excludes halogenated alkanes) is 28. The average molecular weight is 948 g/mol. The van der Waals surface area contributed by atoms with E-state index in [4.69, 9.17) is 14.2 Å². The predicted molar refractivity (Wildman–Crippen MR) is 293 cm³/mol. The standard InChI is InChI=1S/C62H106O6/c1-4-7-10-13-16-19-22-25-28-30-32-34-37-40-43-46-49-52-55-61(64)67-58-59(57-66-60(63)54-51-48-45-42-39-36-33-27-24-21-18-15-12-9-6-3)68-62(65)56-53-50-47-44-41-38-35-31-29-26-23-20-17-14-11-8-5-2/h21-22,24-26,28-30,32,34-35,38,44,47,59H,4-20,23,27,31,33,36-37,39-43,45-46,48-58H2,1-3H3/b24-21-,25-22-,29-26-,30-28-,34-32-,38-35-,47-44-. The number of carbonyl (C=O) groups excluding carboxylic acids is 3. The van der Waals surface area contributed by atoms with Gasteiger partial charge in [0.15, 0.2) is 6.10 Å². The van der Waals surface area contributed by atoms with Crippen LogP contribution in [0.5, 0.6) is 0 Å². The van der Waals surface area contributed by atoms with Crippen molar-refractivity contribution >= 4 is 17.9 Å². The van der Waals surface area contributed by atoms with Crippen molar-refractivity contribution in [3.63, 3.8) is 0 Å². The van der Waals surface area contributed by atoms with Crippen LogP contribution in [-0.2, 0) is 28.6 Å². The van der Waals surface area contributed by atoms with Crippen molar-refractivity contribution < 1.29 is 28.6 Å². The van der Waals surface area contributed by atoms with Crippen LogP contribution >= 0.6 is 0 Å². The van der Waals surface area contributed by atoms with Crippen molar-refractivity contribution in [2.24, 2.45) is 0 Å². The predicted octanol–water partition coefficient (Wildman–Crippen LogP) is 19.2. The highest BCUT2D eigenvalue weighted by Crippen LogP contribution is 2.14. The smallest absolute Gasteiger partial charge is 0.306 e. The van der Waals surface area contributed by atoms with E-state index >= 15 is 0 Å². The van der Waals surface area contributed by atoms with Gasteiger partial charge >= 0.3 is 17.9 Å². The molecule has 0 aliphatic carbocycles. The van der Waals surface area contributed by atoms with Crippen molar-refractivity contribution in [2.75, 3.05) is 13.2 Å². The molecule has 0 saturated heterocycles. The molecule has 0 aromatic rings. The van der Waals surface area contributed by atoms with Gasteiger partial charge in [0.05, 0.1) is 0 Å². The Hall–Kier alpha value is -3.41. The van der Waals surface area contributed by atoms with Crippen molar-refractivity contribution in [1.29, 1.82) is 0 Å². The fourth-order valence-corrected chi connectivity index (χ4v) is 7.81. The molecule has 0 spiro atoms. The maximum atomic E-state index is 12.8. The van der Waals surface area contributed by atoms with Crippen LogP contribution in [0.4, 0.5) is 0 Å². The van der Waals surface area contributed by atoms with E-state index < -0.39 is 6.10 Å². The number of allylic oxidation sites excluding steroid dienone is 14. The zero-order valence-corrected chi connectivity index (χ0v) is 44.6. The van der Waals surface area contributed by atoms with E-state index in [-0.39, 0.29) is 37.5 Å². The van der Waals surface area contributed by atoms with Crippen molar-refractivity contribution in [3.8, 4) is 0 Å². The Morgan fingerprint density at radius 1 is 0.309 bits per heavy atom. The molecule has 0 amide bonds. The van der Waals surface area contributed by atoms with E-state index in [1.807, 2.05) is 0 Å². The number of carbonyl (C=O) groups is 3. The molecule has 0 N–H and O–H groups in total. The summed E-state index contributed by atoms with van der Waals surface area (Å²) in [5.74, 6) is -0.979. The molecular weight excluding hydrogens is 841 g/mol. The van der Waals surface area contributed by atoms with Gasteiger partial charge in [0.25, 0.3) is 0 Å². The highest BCUT2D eigenvalue weighted by Gasteiger charge is 2.19. The summed E-state index contributed by atoms with van der Waals surface area (Å²) in [5.41, 5.74) is 0. The molecule has 0 aromatic carbocycles. The molecule has 68 heavy (non-hydrogen) atoms. The summed E-state index contributed by atoms with van der Waals surface area (Å²) in [6.07, 6.45) is 72.9. The average Bonchev–Trinajstić information content (AvgIpc) is 3.34. The maximum Gasteiger partial charge on any atom is 0.306 e. The molecule has 6 nitrogen and oxygen atoms in total. The lowest BCUT2D eigenvalue weighted by Gasteiger charge is -2.18. The minimum atomic E-state index is -0.814. The highest BCUT2D eigenvalue weighted by atomic mass is 16.6. The first-order valence-electron chi connectivity index (χ1n) is 28.6. The minimum absolute atomic E-state index is 0.106. The van der Waals surface area contributed by atoms with Crippen LogP contribution < -0.4 is 0 Å². The summed E-state index contributed by atoms with van der Waals surface area (Å²) in [6, 6.07) is 0. The van der Waals surface area contributed by atoms with E-state index in [1.165, 1.54) is 141 Å². The number of ether oxygens (including phenoxy) is 3. The number of hydrogen-bond acceptors (Lipinski definition) is 6. The Morgan fingerprint density at radius 2 is 0.603 bits per heavy atom. The van der Waals surface area contributed by atoms with E-state index in [2.05, 4.69) is 106 Å². The van der Waals surface area contributed by atoms with Gasteiger partial charge in [-0.3, -0.25) is 14.4 Å². The third-order valence-electron chi connectivity index (χ3n) is 12.2. The molecule has 1 atom stereocenters. The largest absolute Gasteiger partial charge is 0.462 e. The third kappa shape index (κ3) is 53.5. The van der Waals surface area contributed by atoms with Crippen LogP contribution in [0.2, 0.25) is 0 Å². The lowest BCUT2D eigenvalue weighted by atomic mass is 10.1. The van der Waals surface area contributed by atoms with E-state index in [1.54, 1.807) is 0 Å². The molecule has 0 heterocycles. The highest BCUT2D eigenvalue weighted by molar-refractivity contribution is 5.71. The molecule has 6 heteroatoms. The topological polar surface area (TPSA) is 78.9 Å². The minimum Gasteiger partial charge on any atom is -0.462 e. The van der Waals surface area contributed by atoms with Gasteiger partial charge in [-0.2, -0.15) is 0 Å². The van der Waals surface area contributed by atoms with Gasteiger partial charge in [-0.15, -0.1) is 0 Å². The van der Waals surface area contributed by atoms with Gasteiger partial charge in [0, 0.05) is 19.3 Å². The van der Waals surface area contributed by atoms with Gasteiger partial charge < -0.3 is 14.2 Å². The quantitative estimate of drug-likeness (QED) is 0.0199. The fraction of sp³-hybridized carbons (Fsp3) is 0.726. The van der Waals surface area contributed by atoms with Crippen molar-refractivity contribution in [3.05, 3.63) is 85.1 Å². The van der Waals surface area contributed by atoms with E-state index in [9.17, 15) is 14.4 Å². The van der Waals surface area contributed by atoms with Crippen LogP contribution in [0, 0.1) is 0 Å². The summed E-state index contributed by atoms with van der Waals surface area (Å²) in [4.78, 5) is 38.1. The zero-order chi connectivity index (χ0) is 49.3. The first-order chi connectivity index (χ1) is 33.5. The Balaban J connectivity index is 4.51. The maximum absolute atomic E-state index is 12.8. The molecule has 0 bridgehead atoms. The lowest BCUT2D eigenvalue weighted by molar-refractivity contribution is -0.167. The number of hydrogen-bond donors (Lipinski definition) is 0. The summed E-state index contributed by atoms with van der Waals surface area (Å²) in [7, 11) is 0. The van der Waals surface area contributed by atoms with Gasteiger partial charge in [0.2, 0.25) is 0 Å². The summed E-state index contributed by atoms with van der Waals surface area (Å²) in [5, 5.41) is 0. The summed E-state index contributed by atoms with van der Waals surface area (Å²) < 4.78 is 16.8. The van der Waals surface area contributed by atoms with Gasteiger partial charge in [-0.05, 0) is 103 Å². The van der Waals surface area contributed by atoms with E-state index in [0.29, 0.717) is 19.3 Å². The Bertz CT molecular complexity index is 1320. The van der Waals surface area contributed by atoms with Gasteiger partial charge in [-0.1, -0.05) is 234 Å². The number of esters is 3. The monoisotopic (exact) mass is 947 g/mol. The van der Waals surface area contributed by atoms with Gasteiger partial charge in [0.1, 0.15) is 13.2 Å². The second-order valence-corrected chi connectivity index (χ2v) is 18.9. The van der Waals surface area contributed by atoms with Crippen molar-refractivity contribution in [2.45, 2.75) is 277 Å². The van der Waals surface area contributed by atoms with Crippen LogP contribution in [0.15, 0.2) is 85.1 Å². The second kappa shape index (κ2) is 56.2. The molecule has 1 unspecified atom stereocenters. The van der Waals surface area contributed by atoms with Crippen molar-refractivity contribution in [1.82, 2.24) is 0 Å². The molecule has 0 aliphatic rings. The Labute approximate surface area is 420 Å². The summed E-state index contributed by atoms with van der Waals surface area (Å²) >= 11 is 0. The number of rotatable bonds is 51. The van der Waals surface area contributed by atoms with Crippen LogP contribution in [0.3, 0.4) is 0 Å². The first-order valence-corrected chi connectivity index (χ1v) is 28.6. The third-order valence-corrected chi connectivity index (χ3v) is 12.2. The molecular formula is C62H106O6. The van der Waals surface area contributed by atoms with Gasteiger partial charge in [-0.25, -0.2) is 0 Å². The van der Waals surface area contributed by atoms with E-state index in [0.717, 1.165) is 83.5 Å². The molecule has 0 rings (SSSR count). The zero-order valence-electron chi connectivity index (χ0n) is 44.6.